The van der Waals surface area contributed by atoms with Crippen LogP contribution in [0.4, 0.5) is 5.69 Å². The van der Waals surface area contributed by atoms with Gasteiger partial charge in [0.15, 0.2) is 0 Å². The van der Waals surface area contributed by atoms with Gasteiger partial charge in [-0.2, -0.15) is 0 Å². The van der Waals surface area contributed by atoms with E-state index in [1.54, 1.807) is 33.7 Å². The molecule has 1 aromatic rings. The summed E-state index contributed by atoms with van der Waals surface area (Å²) in [5.41, 5.74) is 2.82. The second-order valence-electron chi connectivity index (χ2n) is 11.1. The summed E-state index contributed by atoms with van der Waals surface area (Å²) in [6.45, 7) is 14.8. The Kier molecular flexibility index (Phi) is 9.27. The van der Waals surface area contributed by atoms with Gasteiger partial charge in [0.25, 0.3) is 5.91 Å². The molecule has 2 bridgehead atoms. The standard InChI is InChI=1S/C31H42N2O5S/c1-6-8-18-38-30(37)24-23-19-22(5)31(39-23)25(24)28(35)33(16-10-9-11-17-34)27(31)29(36)32(15-7-2)26-20(3)13-12-14-21(26)4/h6-7,12-14,22-25,27,34H,1-2,8-11,15-19H2,3-5H3/t22?,23-,24+,25+,27?,31?/m1/s1. The summed E-state index contributed by atoms with van der Waals surface area (Å²) < 4.78 is 4.91. The smallest absolute Gasteiger partial charge is 0.310 e. The third kappa shape index (κ3) is 5.06. The van der Waals surface area contributed by atoms with Gasteiger partial charge in [0.05, 0.1) is 23.2 Å². The van der Waals surface area contributed by atoms with Gasteiger partial charge in [-0.3, -0.25) is 14.4 Å². The van der Waals surface area contributed by atoms with Gasteiger partial charge in [0.1, 0.15) is 6.04 Å². The van der Waals surface area contributed by atoms with E-state index in [-0.39, 0.29) is 42.2 Å². The number of carbonyl (C=O) groups excluding carboxylic acids is 3. The van der Waals surface area contributed by atoms with Crippen molar-refractivity contribution in [1.82, 2.24) is 4.90 Å². The number of hydrogen-bond acceptors (Lipinski definition) is 6. The fourth-order valence-electron chi connectivity index (χ4n) is 7.02. The number of anilines is 1. The lowest BCUT2D eigenvalue weighted by molar-refractivity contribution is -0.154. The van der Waals surface area contributed by atoms with Crippen molar-refractivity contribution < 1.29 is 24.2 Å². The summed E-state index contributed by atoms with van der Waals surface area (Å²) in [7, 11) is 0. The number of ether oxygens (including phenoxy) is 1. The van der Waals surface area contributed by atoms with Crippen LogP contribution in [0.25, 0.3) is 0 Å². The molecule has 4 rings (SSSR count). The van der Waals surface area contributed by atoms with Crippen LogP contribution in [0, 0.1) is 31.6 Å². The Morgan fingerprint density at radius 2 is 1.92 bits per heavy atom. The van der Waals surface area contributed by atoms with Crippen LogP contribution in [0.15, 0.2) is 43.5 Å². The van der Waals surface area contributed by atoms with E-state index in [1.807, 2.05) is 32.0 Å². The van der Waals surface area contributed by atoms with E-state index in [0.29, 0.717) is 32.4 Å². The molecule has 1 aromatic carbocycles. The van der Waals surface area contributed by atoms with Crippen LogP contribution in [-0.2, 0) is 19.1 Å². The second-order valence-corrected chi connectivity index (χ2v) is 12.6. The van der Waals surface area contributed by atoms with Gasteiger partial charge in [-0.1, -0.05) is 37.3 Å². The maximum Gasteiger partial charge on any atom is 0.310 e. The van der Waals surface area contributed by atoms with Gasteiger partial charge in [-0.25, -0.2) is 0 Å². The number of thioether (sulfide) groups is 1. The highest BCUT2D eigenvalue weighted by atomic mass is 32.2. The Hall–Kier alpha value is -2.58. The molecule has 3 aliphatic heterocycles. The minimum atomic E-state index is -0.700. The van der Waals surface area contributed by atoms with E-state index in [1.165, 1.54) is 0 Å². The molecule has 212 valence electrons. The normalized spacial score (nSPS) is 28.9. The number of esters is 1. The maximum atomic E-state index is 14.7. The van der Waals surface area contributed by atoms with Crippen LogP contribution in [0.1, 0.15) is 50.2 Å². The van der Waals surface area contributed by atoms with E-state index in [2.05, 4.69) is 20.1 Å². The van der Waals surface area contributed by atoms with Crippen LogP contribution in [-0.4, -0.2) is 70.1 Å². The molecule has 3 fully saturated rings. The van der Waals surface area contributed by atoms with E-state index < -0.39 is 22.6 Å². The van der Waals surface area contributed by atoms with E-state index >= 15 is 0 Å². The molecule has 3 saturated heterocycles. The van der Waals surface area contributed by atoms with Crippen LogP contribution in [0.5, 0.6) is 0 Å². The highest BCUT2D eigenvalue weighted by Gasteiger charge is 2.76. The lowest BCUT2D eigenvalue weighted by atomic mass is 9.66. The Balaban J connectivity index is 1.77. The van der Waals surface area contributed by atoms with Gasteiger partial charge >= 0.3 is 5.97 Å². The molecule has 8 heteroatoms. The van der Waals surface area contributed by atoms with E-state index in [9.17, 15) is 19.5 Å². The molecule has 7 nitrogen and oxygen atoms in total. The number of carbonyl (C=O) groups is 3. The number of para-hydroxylation sites is 1. The van der Waals surface area contributed by atoms with Crippen LogP contribution < -0.4 is 4.90 Å². The number of amides is 2. The van der Waals surface area contributed by atoms with E-state index in [4.69, 9.17) is 4.74 Å². The first kappa shape index (κ1) is 29.4. The number of aliphatic hydroxyl groups excluding tert-OH is 1. The molecule has 3 unspecified atom stereocenters. The lowest BCUT2D eigenvalue weighted by Gasteiger charge is -2.41. The first-order valence-electron chi connectivity index (χ1n) is 14.1. The number of hydrogen-bond donors (Lipinski definition) is 1. The van der Waals surface area contributed by atoms with Crippen molar-refractivity contribution in [2.24, 2.45) is 17.8 Å². The fraction of sp³-hybridized carbons (Fsp3) is 0.581. The molecule has 3 heterocycles. The number of rotatable bonds is 13. The van der Waals surface area contributed by atoms with E-state index in [0.717, 1.165) is 29.7 Å². The van der Waals surface area contributed by atoms with Crippen molar-refractivity contribution in [3.05, 3.63) is 54.6 Å². The zero-order chi connectivity index (χ0) is 28.3. The Morgan fingerprint density at radius 3 is 2.56 bits per heavy atom. The van der Waals surface area contributed by atoms with Crippen molar-refractivity contribution in [3.8, 4) is 0 Å². The quantitative estimate of drug-likeness (QED) is 0.220. The number of benzene rings is 1. The van der Waals surface area contributed by atoms with Crippen molar-refractivity contribution in [2.75, 3.05) is 31.2 Å². The largest absolute Gasteiger partial charge is 0.465 e. The molecule has 0 aliphatic carbocycles. The Labute approximate surface area is 236 Å². The summed E-state index contributed by atoms with van der Waals surface area (Å²) in [4.78, 5) is 45.9. The first-order chi connectivity index (χ1) is 18.7. The molecular weight excluding hydrogens is 512 g/mol. The summed E-state index contributed by atoms with van der Waals surface area (Å²) in [6, 6.07) is 5.27. The molecule has 39 heavy (non-hydrogen) atoms. The molecule has 0 saturated carbocycles. The SMILES string of the molecule is C=CCCOC(=O)[C@@H]1[C@H]2C(=O)N(CCCCCO)C(C(=O)N(CC=C)c3c(C)cccc3C)C23S[C@@H]1CC3C. The predicted molar refractivity (Wildman–Crippen MR) is 156 cm³/mol. The number of fused-ring (bicyclic) bond motifs is 1. The topological polar surface area (TPSA) is 87.1 Å². The summed E-state index contributed by atoms with van der Waals surface area (Å²) in [5, 5.41) is 9.23. The van der Waals surface area contributed by atoms with Crippen molar-refractivity contribution in [3.63, 3.8) is 0 Å². The summed E-state index contributed by atoms with van der Waals surface area (Å²) in [5.74, 6) is -1.65. The molecule has 3 aliphatic rings. The van der Waals surface area contributed by atoms with Gasteiger partial charge < -0.3 is 19.6 Å². The highest BCUT2D eigenvalue weighted by molar-refractivity contribution is 8.02. The van der Waals surface area contributed by atoms with Crippen LogP contribution in [0.3, 0.4) is 0 Å². The molecule has 6 atom stereocenters. The molecule has 1 N–H and O–H groups in total. The highest BCUT2D eigenvalue weighted by Crippen LogP contribution is 2.68. The number of unbranched alkanes of at least 4 members (excludes halogenated alkanes) is 2. The minimum Gasteiger partial charge on any atom is -0.465 e. The molecule has 1 spiro atoms. The van der Waals surface area contributed by atoms with Crippen molar-refractivity contribution >= 4 is 35.2 Å². The second kappa shape index (κ2) is 12.3. The van der Waals surface area contributed by atoms with Gasteiger partial charge in [-0.05, 0) is 63.0 Å². The number of aliphatic hydroxyl groups is 1. The predicted octanol–water partition coefficient (Wildman–Crippen LogP) is 4.44. The van der Waals surface area contributed by atoms with Crippen LogP contribution in [0.2, 0.25) is 0 Å². The molecule has 0 radical (unpaired) electrons. The van der Waals surface area contributed by atoms with Gasteiger partial charge in [0.2, 0.25) is 5.91 Å². The lowest BCUT2D eigenvalue weighted by Crippen LogP contribution is -2.57. The molecular formula is C31H42N2O5S. The molecule has 2 amide bonds. The zero-order valence-corrected chi connectivity index (χ0v) is 24.3. The maximum absolute atomic E-state index is 14.7. The third-order valence-electron chi connectivity index (χ3n) is 8.66. The average molecular weight is 555 g/mol. The summed E-state index contributed by atoms with van der Waals surface area (Å²) >= 11 is 1.66. The number of nitrogens with zero attached hydrogens (tertiary/aromatic N) is 2. The minimum absolute atomic E-state index is 0.0509. The first-order valence-corrected chi connectivity index (χ1v) is 15.0. The van der Waals surface area contributed by atoms with Gasteiger partial charge in [-0.15, -0.1) is 24.9 Å². The number of aryl methyl sites for hydroxylation is 2. The molecule has 0 aromatic heterocycles. The van der Waals surface area contributed by atoms with Crippen LogP contribution >= 0.6 is 11.8 Å². The third-order valence-corrected chi connectivity index (χ3v) is 10.7. The van der Waals surface area contributed by atoms with Crippen molar-refractivity contribution in [2.45, 2.75) is 68.9 Å². The monoisotopic (exact) mass is 554 g/mol. The van der Waals surface area contributed by atoms with Gasteiger partial charge in [0, 0.05) is 30.6 Å². The fourth-order valence-corrected chi connectivity index (χ4v) is 9.42. The number of likely N-dealkylation sites (tertiary alicyclic amines) is 1. The average Bonchev–Trinajstić information content (AvgIpc) is 3.49. The Bertz CT molecular complexity index is 1100. The Morgan fingerprint density at radius 1 is 1.21 bits per heavy atom. The zero-order valence-electron chi connectivity index (χ0n) is 23.4. The summed E-state index contributed by atoms with van der Waals surface area (Å²) in [6.07, 6.45) is 6.84. The van der Waals surface area contributed by atoms with Crippen molar-refractivity contribution in [1.29, 1.82) is 0 Å².